The molecule has 32 heavy (non-hydrogen) atoms. The van der Waals surface area contributed by atoms with Crippen LogP contribution in [0.4, 0.5) is 0 Å². The highest BCUT2D eigenvalue weighted by atomic mass is 16.7. The third-order valence-electron chi connectivity index (χ3n) is 6.59. The van der Waals surface area contributed by atoms with Crippen LogP contribution in [0, 0.1) is 10.8 Å². The van der Waals surface area contributed by atoms with Gasteiger partial charge in [0.05, 0.1) is 23.9 Å². The molecule has 176 valence electrons. The molecule has 0 bridgehead atoms. The van der Waals surface area contributed by atoms with Crippen LogP contribution in [-0.2, 0) is 34.2 Å². The van der Waals surface area contributed by atoms with Crippen LogP contribution >= 0.6 is 0 Å². The number of cyclic esters (lactones) is 2. The van der Waals surface area contributed by atoms with Crippen molar-refractivity contribution in [1.82, 2.24) is 0 Å². The molecule has 0 spiro atoms. The fourth-order valence-corrected chi connectivity index (χ4v) is 4.30. The second-order valence-electron chi connectivity index (χ2n) is 9.93. The van der Waals surface area contributed by atoms with Gasteiger partial charge in [0.25, 0.3) is 0 Å². The van der Waals surface area contributed by atoms with Crippen LogP contribution in [0.15, 0.2) is 24.3 Å². The Morgan fingerprint density at radius 3 is 2.38 bits per heavy atom. The van der Waals surface area contributed by atoms with E-state index in [0.29, 0.717) is 18.8 Å². The number of benzene rings is 1. The second-order valence-corrected chi connectivity index (χ2v) is 9.93. The molecule has 1 aromatic rings. The quantitative estimate of drug-likeness (QED) is 0.424. The number of hydrogen-bond acceptors (Lipinski definition) is 7. The first kappa shape index (κ1) is 24.2. The fourth-order valence-electron chi connectivity index (χ4n) is 4.30. The van der Waals surface area contributed by atoms with E-state index in [1.54, 1.807) is 13.8 Å². The van der Waals surface area contributed by atoms with E-state index in [-0.39, 0.29) is 19.1 Å². The predicted octanol–water partition coefficient (Wildman–Crippen LogP) is 4.66. The molecule has 1 aromatic carbocycles. The van der Waals surface area contributed by atoms with E-state index in [2.05, 4.69) is 0 Å². The lowest BCUT2D eigenvalue weighted by Gasteiger charge is -2.36. The zero-order chi connectivity index (χ0) is 23.6. The van der Waals surface area contributed by atoms with Gasteiger partial charge in [-0.25, -0.2) is 0 Å². The molecule has 3 unspecified atom stereocenters. The van der Waals surface area contributed by atoms with E-state index < -0.39 is 34.3 Å². The van der Waals surface area contributed by atoms with Crippen LogP contribution in [0.25, 0.3) is 0 Å². The molecule has 7 nitrogen and oxygen atoms in total. The number of ether oxygens (including phenoxy) is 4. The van der Waals surface area contributed by atoms with E-state index in [4.69, 9.17) is 18.9 Å². The van der Waals surface area contributed by atoms with Crippen LogP contribution in [0.5, 0.6) is 5.75 Å². The number of rotatable bonds is 8. The molecule has 2 heterocycles. The van der Waals surface area contributed by atoms with Crippen LogP contribution in [0.3, 0.4) is 0 Å². The first-order valence-electron chi connectivity index (χ1n) is 11.3. The monoisotopic (exact) mass is 446 g/mol. The minimum absolute atomic E-state index is 0.0235. The summed E-state index contributed by atoms with van der Waals surface area (Å²) in [6.07, 6.45) is 3.43. The maximum absolute atomic E-state index is 13.2. The smallest absolute Gasteiger partial charge is 0.320 e. The van der Waals surface area contributed by atoms with Crippen LogP contribution in [0.1, 0.15) is 78.7 Å². The number of esters is 3. The van der Waals surface area contributed by atoms with Crippen molar-refractivity contribution in [1.29, 1.82) is 0 Å². The van der Waals surface area contributed by atoms with Crippen molar-refractivity contribution < 1.29 is 33.3 Å². The summed E-state index contributed by atoms with van der Waals surface area (Å²) >= 11 is 0. The Hall–Kier alpha value is -2.41. The topological polar surface area (TPSA) is 88.1 Å². The lowest BCUT2D eigenvalue weighted by Crippen LogP contribution is -2.40. The summed E-state index contributed by atoms with van der Waals surface area (Å²) in [5.41, 5.74) is -2.02. The maximum Gasteiger partial charge on any atom is 0.320 e. The molecule has 0 radical (unpaired) electrons. The van der Waals surface area contributed by atoms with Gasteiger partial charge in [-0.1, -0.05) is 19.1 Å². The lowest BCUT2D eigenvalue weighted by atomic mass is 9.70. The summed E-state index contributed by atoms with van der Waals surface area (Å²) in [5.74, 6) is -0.829. The minimum Gasteiger partial charge on any atom is -0.465 e. The average Bonchev–Trinajstić information content (AvgIpc) is 2.99. The highest BCUT2D eigenvalue weighted by Gasteiger charge is 2.51. The second kappa shape index (κ2) is 9.22. The number of hydrogen-bond donors (Lipinski definition) is 0. The summed E-state index contributed by atoms with van der Waals surface area (Å²) in [6, 6.07) is 7.46. The van der Waals surface area contributed by atoms with Crippen molar-refractivity contribution in [2.75, 3.05) is 6.61 Å². The zero-order valence-corrected chi connectivity index (χ0v) is 19.7. The summed E-state index contributed by atoms with van der Waals surface area (Å²) < 4.78 is 22.2. The molecule has 2 aliphatic rings. The molecule has 2 aliphatic heterocycles. The third kappa shape index (κ3) is 5.31. The molecule has 3 rings (SSSR count). The van der Waals surface area contributed by atoms with E-state index in [0.717, 1.165) is 24.8 Å². The van der Waals surface area contributed by atoms with Gasteiger partial charge in [0, 0.05) is 6.42 Å². The first-order valence-corrected chi connectivity index (χ1v) is 11.3. The molecule has 3 atom stereocenters. The van der Waals surface area contributed by atoms with Gasteiger partial charge < -0.3 is 18.9 Å². The number of carbonyl (C=O) groups excluding carboxylic acids is 3. The van der Waals surface area contributed by atoms with Gasteiger partial charge in [-0.05, 0) is 71.1 Å². The van der Waals surface area contributed by atoms with Crippen molar-refractivity contribution >= 4 is 17.9 Å². The Morgan fingerprint density at radius 1 is 1.16 bits per heavy atom. The van der Waals surface area contributed by atoms with Crippen molar-refractivity contribution in [2.24, 2.45) is 10.8 Å². The van der Waals surface area contributed by atoms with Crippen LogP contribution in [0.2, 0.25) is 0 Å². The molecule has 2 fully saturated rings. The van der Waals surface area contributed by atoms with Crippen molar-refractivity contribution in [2.45, 2.75) is 85.0 Å². The highest BCUT2D eigenvalue weighted by molar-refractivity contribution is 5.97. The Bertz CT molecular complexity index is 854. The van der Waals surface area contributed by atoms with Gasteiger partial charge in [0.2, 0.25) is 0 Å². The largest absolute Gasteiger partial charge is 0.465 e. The summed E-state index contributed by atoms with van der Waals surface area (Å²) in [6.45, 7) is 9.69. The molecule has 7 heteroatoms. The molecule has 0 aromatic heterocycles. The highest BCUT2D eigenvalue weighted by Crippen LogP contribution is 2.44. The molecule has 2 saturated heterocycles. The molecular formula is C25H34O7. The molecule has 0 saturated carbocycles. The van der Waals surface area contributed by atoms with E-state index in [1.165, 1.54) is 0 Å². The molecule has 0 N–H and O–H groups in total. The standard InChI is InChI=1S/C25H34O7/c1-6-24(4,16-25(5)15-19(26)31-21(25)27)22(28)32-23(2,3)17-10-12-18(13-11-17)30-20-9-7-8-14-29-20/h10-13,20H,6-9,14-16H2,1-5H3. The Balaban J connectivity index is 1.67. The summed E-state index contributed by atoms with van der Waals surface area (Å²) in [5, 5.41) is 0. The lowest BCUT2D eigenvalue weighted by molar-refractivity contribution is -0.172. The van der Waals surface area contributed by atoms with Gasteiger partial charge in [-0.15, -0.1) is 0 Å². The van der Waals surface area contributed by atoms with Gasteiger partial charge >= 0.3 is 17.9 Å². The Kier molecular flexibility index (Phi) is 6.98. The summed E-state index contributed by atoms with van der Waals surface area (Å²) in [4.78, 5) is 37.0. The van der Waals surface area contributed by atoms with Gasteiger partial charge in [0.1, 0.15) is 11.4 Å². The molecular weight excluding hydrogens is 412 g/mol. The molecule has 0 amide bonds. The third-order valence-corrected chi connectivity index (χ3v) is 6.59. The first-order chi connectivity index (χ1) is 15.0. The van der Waals surface area contributed by atoms with Crippen LogP contribution < -0.4 is 4.74 Å². The average molecular weight is 447 g/mol. The normalized spacial score (nSPS) is 25.7. The van der Waals surface area contributed by atoms with Crippen molar-refractivity contribution in [3.05, 3.63) is 29.8 Å². The minimum atomic E-state index is -1.02. The van der Waals surface area contributed by atoms with E-state index in [1.807, 2.05) is 45.0 Å². The van der Waals surface area contributed by atoms with Crippen molar-refractivity contribution in [3.8, 4) is 5.75 Å². The maximum atomic E-state index is 13.2. The fraction of sp³-hybridized carbons (Fsp3) is 0.640. The predicted molar refractivity (Wildman–Crippen MR) is 117 cm³/mol. The Labute approximate surface area is 189 Å². The van der Waals surface area contributed by atoms with Gasteiger partial charge in [0.15, 0.2) is 6.29 Å². The number of carbonyl (C=O) groups is 3. The van der Waals surface area contributed by atoms with Gasteiger partial charge in [-0.3, -0.25) is 14.4 Å². The van der Waals surface area contributed by atoms with Gasteiger partial charge in [-0.2, -0.15) is 0 Å². The summed E-state index contributed by atoms with van der Waals surface area (Å²) in [7, 11) is 0. The molecule has 0 aliphatic carbocycles. The van der Waals surface area contributed by atoms with Crippen molar-refractivity contribution in [3.63, 3.8) is 0 Å². The SMILES string of the molecule is CCC(C)(CC1(C)CC(=O)OC1=O)C(=O)OC(C)(C)c1ccc(OC2CCCCO2)cc1. The van der Waals surface area contributed by atoms with E-state index in [9.17, 15) is 14.4 Å². The Morgan fingerprint density at radius 2 is 1.84 bits per heavy atom. The zero-order valence-electron chi connectivity index (χ0n) is 19.7. The van der Waals surface area contributed by atoms with E-state index >= 15 is 0 Å². The van der Waals surface area contributed by atoms with Crippen LogP contribution in [-0.4, -0.2) is 30.8 Å².